The van der Waals surface area contributed by atoms with Gasteiger partial charge in [0.1, 0.15) is 5.69 Å². The van der Waals surface area contributed by atoms with Gasteiger partial charge in [-0.05, 0) is 43.5 Å². The Morgan fingerprint density at radius 2 is 1.97 bits per heavy atom. The minimum atomic E-state index is -4.71. The number of aromatic nitrogens is 1. The van der Waals surface area contributed by atoms with E-state index >= 15 is 0 Å². The number of halogens is 3. The Kier molecular flexibility index (Phi) is 5.81. The molecule has 2 aromatic carbocycles. The molecule has 0 saturated carbocycles. The van der Waals surface area contributed by atoms with Gasteiger partial charge in [0.15, 0.2) is 11.5 Å². The zero-order valence-electron chi connectivity index (χ0n) is 17.7. The first kappa shape index (κ1) is 22.1. The van der Waals surface area contributed by atoms with Crippen LogP contribution < -0.4 is 10.7 Å². The second kappa shape index (κ2) is 8.43. The summed E-state index contributed by atoms with van der Waals surface area (Å²) in [6.07, 6.45) is -4.82. The molecular weight excluding hydrogens is 421 g/mol. The molecule has 0 radical (unpaired) electrons. The average Bonchev–Trinajstić information content (AvgIpc) is 2.74. The molecule has 0 unspecified atom stereocenters. The van der Waals surface area contributed by atoms with E-state index in [0.29, 0.717) is 19.1 Å². The van der Waals surface area contributed by atoms with Gasteiger partial charge in [0, 0.05) is 24.0 Å². The molecule has 3 aromatic rings. The fraction of sp³-hybridized carbons (Fsp3) is 0.333. The average molecular weight is 444 g/mol. The molecule has 32 heavy (non-hydrogen) atoms. The number of hydrogen-bond acceptors (Lipinski definition) is 3. The van der Waals surface area contributed by atoms with Gasteiger partial charge in [-0.15, -0.1) is 0 Å². The maximum atomic E-state index is 13.7. The van der Waals surface area contributed by atoms with Crippen LogP contribution in [0.4, 0.5) is 13.2 Å². The molecule has 2 heterocycles. The molecule has 0 spiro atoms. The lowest BCUT2D eigenvalue weighted by atomic mass is 9.97. The largest absolute Gasteiger partial charge is 0.431 e. The smallest absolute Gasteiger partial charge is 0.363 e. The Morgan fingerprint density at radius 3 is 2.72 bits per heavy atom. The molecule has 2 atom stereocenters. The first-order valence-electron chi connectivity index (χ1n) is 10.4. The van der Waals surface area contributed by atoms with E-state index in [1.165, 1.54) is 6.07 Å². The zero-order valence-corrected chi connectivity index (χ0v) is 17.7. The third-order valence-corrected chi connectivity index (χ3v) is 5.63. The second-order valence-corrected chi connectivity index (χ2v) is 8.13. The highest BCUT2D eigenvalue weighted by Gasteiger charge is 2.36. The number of hydrogen-bond donors (Lipinski definition) is 1. The monoisotopic (exact) mass is 444 g/mol. The minimum Gasteiger partial charge on any atom is -0.363 e. The number of nitrogens with zero attached hydrogens (tertiary/aromatic N) is 1. The van der Waals surface area contributed by atoms with Crippen molar-refractivity contribution in [1.29, 1.82) is 0 Å². The lowest BCUT2D eigenvalue weighted by molar-refractivity contribution is -0.143. The summed E-state index contributed by atoms with van der Waals surface area (Å²) < 4.78 is 47.9. The van der Waals surface area contributed by atoms with Crippen molar-refractivity contribution in [3.8, 4) is 0 Å². The van der Waals surface area contributed by atoms with Crippen LogP contribution in [0.15, 0.2) is 53.3 Å². The summed E-state index contributed by atoms with van der Waals surface area (Å²) in [6, 6.07) is 12.2. The number of alkyl halides is 3. The van der Waals surface area contributed by atoms with Gasteiger partial charge in [0.2, 0.25) is 0 Å². The normalized spacial score (nSPS) is 17.1. The van der Waals surface area contributed by atoms with Gasteiger partial charge in [-0.3, -0.25) is 9.59 Å². The Hall–Kier alpha value is -3.13. The maximum Gasteiger partial charge on any atom is 0.431 e. The molecule has 4 rings (SSSR count). The lowest BCUT2D eigenvalue weighted by Gasteiger charge is -2.27. The molecule has 168 valence electrons. The Bertz CT molecular complexity index is 1230. The standard InChI is InChI=1S/C24H23F3N2O3/c1-14-7-8-19-18(11-14)20(30)12-21(24(25,26)27)29(19)13-15(2)28-23(31)22-17-6-4-3-5-16(17)9-10-32-22/h3-8,11-12,15,22H,9-10,13H2,1-2H3,(H,28,31)/t15-,22+/m1/s1. The van der Waals surface area contributed by atoms with Crippen LogP contribution in [0.1, 0.15) is 35.4 Å². The summed E-state index contributed by atoms with van der Waals surface area (Å²) in [6.45, 7) is 3.64. The minimum absolute atomic E-state index is 0.158. The van der Waals surface area contributed by atoms with Crippen molar-refractivity contribution in [2.24, 2.45) is 0 Å². The predicted octanol–water partition coefficient (Wildman–Crippen LogP) is 4.15. The molecular formula is C24H23F3N2O3. The van der Waals surface area contributed by atoms with Crippen molar-refractivity contribution in [3.63, 3.8) is 0 Å². The van der Waals surface area contributed by atoms with Gasteiger partial charge in [-0.25, -0.2) is 0 Å². The molecule has 0 aliphatic carbocycles. The van der Waals surface area contributed by atoms with Crippen molar-refractivity contribution in [3.05, 3.63) is 81.1 Å². The van der Waals surface area contributed by atoms with Gasteiger partial charge in [0.25, 0.3) is 5.91 Å². The van der Waals surface area contributed by atoms with E-state index in [0.717, 1.165) is 21.3 Å². The van der Waals surface area contributed by atoms with Crippen LogP contribution in [0.5, 0.6) is 0 Å². The van der Waals surface area contributed by atoms with Crippen LogP contribution in [0, 0.1) is 6.92 Å². The molecule has 1 aliphatic heterocycles. The number of carbonyl (C=O) groups is 1. The molecule has 0 saturated heterocycles. The third kappa shape index (κ3) is 4.27. The summed E-state index contributed by atoms with van der Waals surface area (Å²) >= 11 is 0. The fourth-order valence-corrected chi connectivity index (χ4v) is 4.17. The quantitative estimate of drug-likeness (QED) is 0.658. The summed E-state index contributed by atoms with van der Waals surface area (Å²) in [5.41, 5.74) is 1.01. The van der Waals surface area contributed by atoms with Crippen LogP contribution in [0.2, 0.25) is 0 Å². The van der Waals surface area contributed by atoms with E-state index in [4.69, 9.17) is 4.74 Å². The van der Waals surface area contributed by atoms with E-state index in [9.17, 15) is 22.8 Å². The summed E-state index contributed by atoms with van der Waals surface area (Å²) in [7, 11) is 0. The summed E-state index contributed by atoms with van der Waals surface area (Å²) in [4.78, 5) is 25.2. The molecule has 8 heteroatoms. The van der Waals surface area contributed by atoms with Gasteiger partial charge in [-0.1, -0.05) is 35.9 Å². The number of ether oxygens (including phenoxy) is 1. The lowest BCUT2D eigenvalue weighted by Crippen LogP contribution is -2.41. The number of amides is 1. The molecule has 0 bridgehead atoms. The van der Waals surface area contributed by atoms with E-state index in [1.54, 1.807) is 26.0 Å². The summed E-state index contributed by atoms with van der Waals surface area (Å²) in [5.74, 6) is -0.403. The van der Waals surface area contributed by atoms with Gasteiger partial charge < -0.3 is 14.6 Å². The topological polar surface area (TPSA) is 60.3 Å². The zero-order chi connectivity index (χ0) is 23.0. The molecule has 1 aromatic heterocycles. The molecule has 1 N–H and O–H groups in total. The van der Waals surface area contributed by atoms with Crippen molar-refractivity contribution < 1.29 is 22.7 Å². The van der Waals surface area contributed by atoms with Gasteiger partial charge in [0.05, 0.1) is 12.1 Å². The predicted molar refractivity (Wildman–Crippen MR) is 114 cm³/mol. The number of pyridine rings is 1. The maximum absolute atomic E-state index is 13.7. The molecule has 1 amide bonds. The number of nitrogens with one attached hydrogen (secondary N) is 1. The number of benzene rings is 2. The van der Waals surface area contributed by atoms with Crippen molar-refractivity contribution in [2.45, 2.75) is 45.1 Å². The van der Waals surface area contributed by atoms with Crippen LogP contribution in [-0.4, -0.2) is 23.1 Å². The first-order valence-corrected chi connectivity index (χ1v) is 10.4. The van der Waals surface area contributed by atoms with Crippen molar-refractivity contribution in [2.75, 3.05) is 6.61 Å². The van der Waals surface area contributed by atoms with E-state index in [1.807, 2.05) is 24.3 Å². The van der Waals surface area contributed by atoms with E-state index in [-0.39, 0.29) is 17.4 Å². The fourth-order valence-electron chi connectivity index (χ4n) is 4.17. The Morgan fingerprint density at radius 1 is 1.22 bits per heavy atom. The number of carbonyl (C=O) groups excluding carboxylic acids is 1. The summed E-state index contributed by atoms with van der Waals surface area (Å²) in [5, 5.41) is 2.99. The van der Waals surface area contributed by atoms with Crippen molar-refractivity contribution >= 4 is 16.8 Å². The second-order valence-electron chi connectivity index (χ2n) is 8.13. The van der Waals surface area contributed by atoms with Crippen LogP contribution in [-0.2, 0) is 28.7 Å². The number of rotatable bonds is 4. The molecule has 5 nitrogen and oxygen atoms in total. The third-order valence-electron chi connectivity index (χ3n) is 5.63. The number of fused-ring (bicyclic) bond motifs is 2. The Labute approximate surface area is 182 Å². The van der Waals surface area contributed by atoms with Crippen LogP contribution >= 0.6 is 0 Å². The van der Waals surface area contributed by atoms with Crippen LogP contribution in [0.25, 0.3) is 10.9 Å². The van der Waals surface area contributed by atoms with E-state index < -0.39 is 35.4 Å². The van der Waals surface area contributed by atoms with Crippen molar-refractivity contribution in [1.82, 2.24) is 9.88 Å². The highest BCUT2D eigenvalue weighted by Crippen LogP contribution is 2.31. The highest BCUT2D eigenvalue weighted by atomic mass is 19.4. The Balaban J connectivity index is 1.64. The van der Waals surface area contributed by atoms with Crippen LogP contribution in [0.3, 0.4) is 0 Å². The SMILES string of the molecule is Cc1ccc2c(c1)c(=O)cc(C(F)(F)F)n2C[C@@H](C)NC(=O)[C@H]1OCCc2ccccc21. The first-order chi connectivity index (χ1) is 15.1. The van der Waals surface area contributed by atoms with Gasteiger partial charge in [-0.2, -0.15) is 13.2 Å². The highest BCUT2D eigenvalue weighted by molar-refractivity contribution is 5.83. The number of aryl methyl sites for hydroxylation is 1. The van der Waals surface area contributed by atoms with Gasteiger partial charge >= 0.3 is 6.18 Å². The molecule has 1 aliphatic rings. The van der Waals surface area contributed by atoms with E-state index in [2.05, 4.69) is 5.32 Å². The molecule has 0 fully saturated rings.